The minimum absolute atomic E-state index is 0.00323. The topological polar surface area (TPSA) is 52.7 Å². The number of alkyl halides is 6. The Morgan fingerprint density at radius 1 is 0.957 bits per heavy atom. The first-order chi connectivity index (χ1) is 21.6. The van der Waals surface area contributed by atoms with Gasteiger partial charge in [-0.15, -0.1) is 0 Å². The summed E-state index contributed by atoms with van der Waals surface area (Å²) in [5.41, 5.74) is 0.0677. The molecule has 0 spiro atoms. The Labute approximate surface area is 263 Å². The predicted molar refractivity (Wildman–Crippen MR) is 159 cm³/mol. The van der Waals surface area contributed by atoms with E-state index in [2.05, 4.69) is 5.32 Å². The molecule has 4 atom stereocenters. The summed E-state index contributed by atoms with van der Waals surface area (Å²) < 4.78 is 96.3. The van der Waals surface area contributed by atoms with Crippen LogP contribution in [0, 0.1) is 31.5 Å². The monoisotopic (exact) mass is 651 g/mol. The predicted octanol–water partition coefficient (Wildman–Crippen LogP) is 7.85. The van der Waals surface area contributed by atoms with E-state index in [1.165, 1.54) is 41.0 Å². The zero-order valence-corrected chi connectivity index (χ0v) is 25.5. The molecule has 2 saturated heterocycles. The molecule has 2 unspecified atom stereocenters. The zero-order valence-electron chi connectivity index (χ0n) is 25.5. The first kappa shape index (κ1) is 33.7. The molecule has 3 aliphatic rings. The van der Waals surface area contributed by atoms with Gasteiger partial charge in [0.1, 0.15) is 11.9 Å². The Balaban J connectivity index is 1.42. The van der Waals surface area contributed by atoms with Gasteiger partial charge in [0.25, 0.3) is 5.91 Å². The highest BCUT2D eigenvalue weighted by atomic mass is 19.4. The van der Waals surface area contributed by atoms with Crippen molar-refractivity contribution in [2.24, 2.45) is 11.8 Å². The van der Waals surface area contributed by atoms with E-state index in [-0.39, 0.29) is 36.3 Å². The van der Waals surface area contributed by atoms with Crippen molar-refractivity contribution in [2.45, 2.75) is 70.4 Å². The van der Waals surface area contributed by atoms with Crippen LogP contribution in [0.4, 0.5) is 36.4 Å². The van der Waals surface area contributed by atoms with Crippen LogP contribution in [0.3, 0.4) is 0 Å². The summed E-state index contributed by atoms with van der Waals surface area (Å²) in [4.78, 5) is 30.6. The molecule has 46 heavy (non-hydrogen) atoms. The van der Waals surface area contributed by atoms with Crippen LogP contribution in [-0.2, 0) is 11.0 Å². The second kappa shape index (κ2) is 13.2. The second-order valence-corrected chi connectivity index (χ2v) is 12.4. The van der Waals surface area contributed by atoms with E-state index in [1.807, 2.05) is 6.08 Å². The van der Waals surface area contributed by atoms with Gasteiger partial charge in [0.15, 0.2) is 0 Å². The van der Waals surface area contributed by atoms with Gasteiger partial charge in [0.05, 0.1) is 23.1 Å². The average Bonchev–Trinajstić information content (AvgIpc) is 3.46. The van der Waals surface area contributed by atoms with E-state index >= 15 is 0 Å². The van der Waals surface area contributed by atoms with Gasteiger partial charge in [-0.2, -0.15) is 26.3 Å². The Morgan fingerprint density at radius 3 is 2.35 bits per heavy atom. The third kappa shape index (κ3) is 7.16. The first-order valence-electron chi connectivity index (χ1n) is 15.4. The van der Waals surface area contributed by atoms with Gasteiger partial charge in [-0.3, -0.25) is 14.5 Å². The molecule has 2 aliphatic heterocycles. The van der Waals surface area contributed by atoms with Crippen molar-refractivity contribution in [3.05, 3.63) is 88.3 Å². The normalized spacial score (nSPS) is 24.2. The van der Waals surface area contributed by atoms with Gasteiger partial charge < -0.3 is 10.2 Å². The number of likely N-dealkylation sites (tertiary alicyclic amines) is 2. The van der Waals surface area contributed by atoms with Gasteiger partial charge >= 0.3 is 12.4 Å². The van der Waals surface area contributed by atoms with Gasteiger partial charge in [-0.25, -0.2) is 4.39 Å². The number of rotatable bonds is 6. The number of allylic oxidation sites excluding steroid dienone is 1. The number of amides is 2. The van der Waals surface area contributed by atoms with E-state index in [1.54, 1.807) is 25.1 Å². The summed E-state index contributed by atoms with van der Waals surface area (Å²) in [5, 5.41) is 2.61. The Morgan fingerprint density at radius 2 is 1.70 bits per heavy atom. The molecule has 5 nitrogen and oxygen atoms in total. The molecule has 0 aromatic heterocycles. The molecule has 2 aromatic carbocycles. The van der Waals surface area contributed by atoms with Gasteiger partial charge in [-0.1, -0.05) is 36.4 Å². The highest BCUT2D eigenvalue weighted by Crippen LogP contribution is 2.38. The van der Waals surface area contributed by atoms with Crippen molar-refractivity contribution in [3.8, 4) is 0 Å². The molecule has 248 valence electrons. The molecule has 5 rings (SSSR count). The number of anilines is 1. The fraction of sp³-hybridized carbons (Fsp3) is 0.471. The standard InChI is InChI=1S/C34H36F7N3O2/c1-20-10-15-24(18-26(20)33(36,37)38)42-31(45)25-7-4-17-44(32(46)29-21(2)6-3-8-27(29)35)30(25)23-13-11-22(12-14-23)19-43-16-5-9-28(43)34(39,40)41/h3,6,8,10-13,15,18,23,25,28,30H,4-5,7,9,14,16-17,19H2,1-2H3,(H,42,45)/t23?,25-,28?,30-/m0/s1. The lowest BCUT2D eigenvalue weighted by Crippen LogP contribution is -2.55. The number of halogens is 7. The first-order valence-corrected chi connectivity index (χ1v) is 15.4. The van der Waals surface area contributed by atoms with Crippen LogP contribution in [0.1, 0.15) is 59.2 Å². The van der Waals surface area contributed by atoms with Crippen molar-refractivity contribution in [1.82, 2.24) is 9.80 Å². The number of aryl methyl sites for hydroxylation is 2. The van der Waals surface area contributed by atoms with Gasteiger partial charge in [0, 0.05) is 24.7 Å². The number of piperidine rings is 1. The fourth-order valence-electron chi connectivity index (χ4n) is 7.03. The van der Waals surface area contributed by atoms with Crippen molar-refractivity contribution < 1.29 is 40.3 Å². The number of hydrogen-bond donors (Lipinski definition) is 1. The largest absolute Gasteiger partial charge is 0.416 e. The van der Waals surface area contributed by atoms with Crippen LogP contribution in [0.5, 0.6) is 0 Å². The third-order valence-electron chi connectivity index (χ3n) is 9.31. The Kier molecular flexibility index (Phi) is 9.68. The Bertz CT molecular complexity index is 1510. The zero-order chi connectivity index (χ0) is 33.4. The lowest BCUT2D eigenvalue weighted by Gasteiger charge is -2.44. The highest BCUT2D eigenvalue weighted by molar-refractivity contribution is 5.98. The summed E-state index contributed by atoms with van der Waals surface area (Å²) >= 11 is 0. The maximum absolute atomic E-state index is 15.0. The number of benzene rings is 2. The third-order valence-corrected chi connectivity index (χ3v) is 9.31. The van der Waals surface area contributed by atoms with Crippen LogP contribution < -0.4 is 5.32 Å². The second-order valence-electron chi connectivity index (χ2n) is 12.4. The summed E-state index contributed by atoms with van der Waals surface area (Å²) in [6, 6.07) is 5.51. The van der Waals surface area contributed by atoms with Gasteiger partial charge in [0.2, 0.25) is 5.91 Å². The SMILES string of the molecule is Cc1ccc(NC(=O)[C@H]2CCCN(C(=O)c3c(C)cccc3F)[C@H]2C2C=CC(CN3CCCC3C(F)(F)F)=CC2)cc1C(F)(F)F. The molecule has 0 radical (unpaired) electrons. The van der Waals surface area contributed by atoms with E-state index in [0.29, 0.717) is 43.4 Å². The van der Waals surface area contributed by atoms with Crippen LogP contribution in [0.2, 0.25) is 0 Å². The molecule has 0 saturated carbocycles. The number of hydrogen-bond acceptors (Lipinski definition) is 3. The van der Waals surface area contributed by atoms with E-state index in [0.717, 1.165) is 6.07 Å². The lowest BCUT2D eigenvalue weighted by molar-refractivity contribution is -0.174. The van der Waals surface area contributed by atoms with E-state index in [9.17, 15) is 40.3 Å². The number of carbonyl (C=O) groups is 2. The number of nitrogens with zero attached hydrogens (tertiary/aromatic N) is 2. The minimum Gasteiger partial charge on any atom is -0.334 e. The molecule has 2 fully saturated rings. The van der Waals surface area contributed by atoms with Crippen molar-refractivity contribution in [3.63, 3.8) is 0 Å². The smallest absolute Gasteiger partial charge is 0.334 e. The van der Waals surface area contributed by atoms with E-state index < -0.39 is 59.5 Å². The summed E-state index contributed by atoms with van der Waals surface area (Å²) in [6.45, 7) is 3.59. The molecular formula is C34H36F7N3O2. The maximum atomic E-state index is 15.0. The highest BCUT2D eigenvalue weighted by Gasteiger charge is 2.46. The number of carbonyl (C=O) groups excluding carboxylic acids is 2. The fourth-order valence-corrected chi connectivity index (χ4v) is 7.03. The molecule has 2 amide bonds. The van der Waals surface area contributed by atoms with Crippen molar-refractivity contribution in [2.75, 3.05) is 25.0 Å². The molecule has 2 heterocycles. The van der Waals surface area contributed by atoms with Crippen LogP contribution in [0.25, 0.3) is 0 Å². The minimum atomic E-state index is -4.62. The number of nitrogens with one attached hydrogen (secondary N) is 1. The summed E-state index contributed by atoms with van der Waals surface area (Å²) in [6.07, 6.45) is -2.10. The molecule has 0 bridgehead atoms. The van der Waals surface area contributed by atoms with E-state index in [4.69, 9.17) is 0 Å². The van der Waals surface area contributed by atoms with Crippen LogP contribution in [-0.4, -0.2) is 59.5 Å². The quantitative estimate of drug-likeness (QED) is 0.324. The lowest BCUT2D eigenvalue weighted by atomic mass is 9.77. The van der Waals surface area contributed by atoms with Crippen LogP contribution in [0.15, 0.2) is 60.2 Å². The summed E-state index contributed by atoms with van der Waals surface area (Å²) in [5.74, 6) is -3.17. The Hall–Kier alpha value is -3.67. The molecule has 1 N–H and O–H groups in total. The maximum Gasteiger partial charge on any atom is 0.416 e. The van der Waals surface area contributed by atoms with Crippen molar-refractivity contribution in [1.29, 1.82) is 0 Å². The molecule has 2 aromatic rings. The molecule has 1 aliphatic carbocycles. The molecule has 12 heteroatoms. The average molecular weight is 652 g/mol. The summed E-state index contributed by atoms with van der Waals surface area (Å²) in [7, 11) is 0. The van der Waals surface area contributed by atoms with Crippen LogP contribution >= 0.6 is 0 Å². The molecular weight excluding hydrogens is 615 g/mol. The van der Waals surface area contributed by atoms with Crippen molar-refractivity contribution >= 4 is 17.5 Å². The van der Waals surface area contributed by atoms with Gasteiger partial charge in [-0.05, 0) is 87.4 Å².